The second-order valence-electron chi connectivity index (χ2n) is 5.35. The first-order valence-electron chi connectivity index (χ1n) is 6.38. The van der Waals surface area contributed by atoms with Crippen LogP contribution in [-0.4, -0.2) is 42.4 Å². The molecule has 0 aromatic heterocycles. The molecule has 2 aliphatic heterocycles. The van der Waals surface area contributed by atoms with Crippen molar-refractivity contribution >= 4 is 18.3 Å². The number of carbonyl (C=O) groups excluding carboxylic acids is 1. The first-order valence-corrected chi connectivity index (χ1v) is 6.38. The molecule has 6 heteroatoms. The Bertz CT molecular complexity index is 302. The van der Waals surface area contributed by atoms with Crippen molar-refractivity contribution in [2.24, 2.45) is 5.92 Å². The molecule has 2 rings (SSSR count). The predicted molar refractivity (Wildman–Crippen MR) is 68.2 cm³/mol. The SMILES string of the molecule is CC1CCCN(C(=O)C2CC(F)(F)CN2)CC1.Cl. The lowest BCUT2D eigenvalue weighted by molar-refractivity contribution is -0.133. The third-order valence-corrected chi connectivity index (χ3v) is 3.74. The summed E-state index contributed by atoms with van der Waals surface area (Å²) < 4.78 is 26.1. The van der Waals surface area contributed by atoms with Gasteiger partial charge in [-0.05, 0) is 25.2 Å². The van der Waals surface area contributed by atoms with Crippen molar-refractivity contribution in [3.63, 3.8) is 0 Å². The quantitative estimate of drug-likeness (QED) is 0.798. The predicted octanol–water partition coefficient (Wildman–Crippen LogP) is 2.05. The Hall–Kier alpha value is -0.420. The Morgan fingerprint density at radius 3 is 2.67 bits per heavy atom. The highest BCUT2D eigenvalue weighted by molar-refractivity contribution is 5.85. The van der Waals surface area contributed by atoms with Gasteiger partial charge in [0.25, 0.3) is 5.92 Å². The van der Waals surface area contributed by atoms with Crippen molar-refractivity contribution < 1.29 is 13.6 Å². The lowest BCUT2D eigenvalue weighted by Crippen LogP contribution is -2.44. The fraction of sp³-hybridized carbons (Fsp3) is 0.917. The molecule has 106 valence electrons. The number of nitrogens with zero attached hydrogens (tertiary/aromatic N) is 1. The maximum Gasteiger partial charge on any atom is 0.262 e. The fourth-order valence-corrected chi connectivity index (χ4v) is 2.59. The second kappa shape index (κ2) is 6.15. The zero-order valence-corrected chi connectivity index (χ0v) is 11.4. The minimum Gasteiger partial charge on any atom is -0.341 e. The second-order valence-corrected chi connectivity index (χ2v) is 5.35. The first-order chi connectivity index (χ1) is 7.98. The average Bonchev–Trinajstić information content (AvgIpc) is 2.48. The van der Waals surface area contributed by atoms with Crippen LogP contribution in [0.2, 0.25) is 0 Å². The molecule has 3 nitrogen and oxygen atoms in total. The molecule has 1 amide bonds. The molecule has 2 heterocycles. The summed E-state index contributed by atoms with van der Waals surface area (Å²) in [5.74, 6) is -2.23. The van der Waals surface area contributed by atoms with Crippen LogP contribution < -0.4 is 5.32 Å². The summed E-state index contributed by atoms with van der Waals surface area (Å²) in [7, 11) is 0. The largest absolute Gasteiger partial charge is 0.341 e. The zero-order chi connectivity index (χ0) is 12.5. The molecular formula is C12H21ClF2N2O. The van der Waals surface area contributed by atoms with Crippen molar-refractivity contribution in [1.29, 1.82) is 0 Å². The van der Waals surface area contributed by atoms with Gasteiger partial charge in [0.05, 0.1) is 12.6 Å². The van der Waals surface area contributed by atoms with E-state index in [1.54, 1.807) is 4.90 Å². The number of likely N-dealkylation sites (tertiary alicyclic amines) is 1. The van der Waals surface area contributed by atoms with E-state index in [0.29, 0.717) is 19.0 Å². The van der Waals surface area contributed by atoms with Crippen LogP contribution in [0, 0.1) is 5.92 Å². The summed E-state index contributed by atoms with van der Waals surface area (Å²) in [5.41, 5.74) is 0. The van der Waals surface area contributed by atoms with Gasteiger partial charge in [-0.25, -0.2) is 8.78 Å². The van der Waals surface area contributed by atoms with Crippen molar-refractivity contribution in [3.05, 3.63) is 0 Å². The van der Waals surface area contributed by atoms with Gasteiger partial charge in [-0.15, -0.1) is 12.4 Å². The molecule has 0 aromatic rings. The van der Waals surface area contributed by atoms with E-state index in [4.69, 9.17) is 0 Å². The molecule has 18 heavy (non-hydrogen) atoms. The van der Waals surface area contributed by atoms with Crippen molar-refractivity contribution in [2.75, 3.05) is 19.6 Å². The van der Waals surface area contributed by atoms with E-state index in [2.05, 4.69) is 12.2 Å². The molecule has 2 aliphatic rings. The number of amides is 1. The monoisotopic (exact) mass is 282 g/mol. The number of rotatable bonds is 1. The Labute approximate surface area is 113 Å². The van der Waals surface area contributed by atoms with Crippen LogP contribution in [0.5, 0.6) is 0 Å². The molecule has 2 fully saturated rings. The van der Waals surface area contributed by atoms with Gasteiger partial charge in [0.2, 0.25) is 5.91 Å². The lowest BCUT2D eigenvalue weighted by atomic mass is 10.0. The molecule has 0 aliphatic carbocycles. The smallest absolute Gasteiger partial charge is 0.262 e. The molecule has 1 N–H and O–H groups in total. The Balaban J connectivity index is 0.00000162. The van der Waals surface area contributed by atoms with Gasteiger partial charge in [0.15, 0.2) is 0 Å². The number of carbonyl (C=O) groups is 1. The number of halogens is 3. The highest BCUT2D eigenvalue weighted by atomic mass is 35.5. The lowest BCUT2D eigenvalue weighted by Gasteiger charge is -2.23. The van der Waals surface area contributed by atoms with Crippen LogP contribution in [0.4, 0.5) is 8.78 Å². The van der Waals surface area contributed by atoms with Crippen LogP contribution in [0.15, 0.2) is 0 Å². The van der Waals surface area contributed by atoms with Crippen LogP contribution >= 0.6 is 12.4 Å². The van der Waals surface area contributed by atoms with Gasteiger partial charge in [0, 0.05) is 19.5 Å². The Morgan fingerprint density at radius 1 is 1.33 bits per heavy atom. The average molecular weight is 283 g/mol. The summed E-state index contributed by atoms with van der Waals surface area (Å²) in [6.45, 7) is 3.24. The highest BCUT2D eigenvalue weighted by Crippen LogP contribution is 2.27. The van der Waals surface area contributed by atoms with E-state index in [-0.39, 0.29) is 31.3 Å². The third kappa shape index (κ3) is 3.79. The minimum atomic E-state index is -2.72. The van der Waals surface area contributed by atoms with Crippen molar-refractivity contribution in [3.8, 4) is 0 Å². The molecular weight excluding hydrogens is 262 g/mol. The molecule has 2 saturated heterocycles. The van der Waals surface area contributed by atoms with Crippen LogP contribution in [0.25, 0.3) is 0 Å². The maximum absolute atomic E-state index is 13.0. The number of alkyl halides is 2. The van der Waals surface area contributed by atoms with E-state index in [0.717, 1.165) is 19.3 Å². The molecule has 0 spiro atoms. The van der Waals surface area contributed by atoms with Gasteiger partial charge in [-0.3, -0.25) is 10.1 Å². The van der Waals surface area contributed by atoms with E-state index in [1.807, 2.05) is 0 Å². The molecule has 0 radical (unpaired) electrons. The topological polar surface area (TPSA) is 32.3 Å². The number of hydrogen-bond donors (Lipinski definition) is 1. The molecule has 0 aromatic carbocycles. The summed E-state index contributed by atoms with van der Waals surface area (Å²) in [6.07, 6.45) is 2.74. The normalized spacial score (nSPS) is 31.6. The van der Waals surface area contributed by atoms with Gasteiger partial charge < -0.3 is 4.90 Å². The first kappa shape index (κ1) is 15.6. The van der Waals surface area contributed by atoms with Gasteiger partial charge in [0.1, 0.15) is 0 Å². The number of nitrogens with one attached hydrogen (secondary N) is 1. The van der Waals surface area contributed by atoms with Crippen molar-refractivity contribution in [1.82, 2.24) is 10.2 Å². The summed E-state index contributed by atoms with van der Waals surface area (Å²) in [4.78, 5) is 13.8. The van der Waals surface area contributed by atoms with E-state index < -0.39 is 12.0 Å². The van der Waals surface area contributed by atoms with Crippen LogP contribution in [-0.2, 0) is 4.79 Å². The zero-order valence-electron chi connectivity index (χ0n) is 10.6. The van der Waals surface area contributed by atoms with Gasteiger partial charge in [-0.2, -0.15) is 0 Å². The summed E-state index contributed by atoms with van der Waals surface area (Å²) in [6, 6.07) is -0.682. The van der Waals surface area contributed by atoms with Crippen LogP contribution in [0.3, 0.4) is 0 Å². The molecule has 2 atom stereocenters. The maximum atomic E-state index is 13.0. The standard InChI is InChI=1S/C12H20F2N2O.ClH/c1-9-3-2-5-16(6-4-9)11(17)10-7-12(13,14)8-15-10;/h9-10,15H,2-8H2,1H3;1H. The fourth-order valence-electron chi connectivity index (χ4n) is 2.59. The van der Waals surface area contributed by atoms with E-state index >= 15 is 0 Å². The van der Waals surface area contributed by atoms with Gasteiger partial charge in [-0.1, -0.05) is 6.92 Å². The molecule has 2 unspecified atom stereocenters. The van der Waals surface area contributed by atoms with E-state index in [1.165, 1.54) is 0 Å². The Kier molecular flexibility index (Phi) is 5.34. The highest BCUT2D eigenvalue weighted by Gasteiger charge is 2.43. The molecule has 0 bridgehead atoms. The van der Waals surface area contributed by atoms with Crippen molar-refractivity contribution in [2.45, 2.75) is 44.6 Å². The summed E-state index contributed by atoms with van der Waals surface area (Å²) in [5, 5.41) is 2.63. The third-order valence-electron chi connectivity index (χ3n) is 3.74. The summed E-state index contributed by atoms with van der Waals surface area (Å²) >= 11 is 0. The van der Waals surface area contributed by atoms with Crippen LogP contribution in [0.1, 0.15) is 32.6 Å². The minimum absolute atomic E-state index is 0. The molecule has 0 saturated carbocycles. The Morgan fingerprint density at radius 2 is 2.06 bits per heavy atom. The van der Waals surface area contributed by atoms with Gasteiger partial charge >= 0.3 is 0 Å². The van der Waals surface area contributed by atoms with E-state index in [9.17, 15) is 13.6 Å². The number of hydrogen-bond acceptors (Lipinski definition) is 2.